The average molecular weight is 334 g/mol. The van der Waals surface area contributed by atoms with Gasteiger partial charge in [0.2, 0.25) is 5.89 Å². The van der Waals surface area contributed by atoms with Gasteiger partial charge in [-0.3, -0.25) is 0 Å². The van der Waals surface area contributed by atoms with E-state index in [0.29, 0.717) is 11.1 Å². The summed E-state index contributed by atoms with van der Waals surface area (Å²) in [6.45, 7) is 3.76. The van der Waals surface area contributed by atoms with E-state index in [4.69, 9.17) is 10.2 Å². The number of halogens is 1. The zero-order valence-corrected chi connectivity index (χ0v) is 12.6. The number of hydrogen-bond donors (Lipinski definition) is 1. The first kappa shape index (κ1) is 13.1. The molecular weight excluding hydrogens is 322 g/mol. The second-order valence-electron chi connectivity index (χ2n) is 3.65. The van der Waals surface area contributed by atoms with Crippen LogP contribution in [0.5, 0.6) is 0 Å². The Morgan fingerprint density at radius 1 is 1.53 bits per heavy atom. The van der Waals surface area contributed by atoms with Gasteiger partial charge in [-0.15, -0.1) is 21.5 Å². The van der Waals surface area contributed by atoms with Gasteiger partial charge >= 0.3 is 0 Å². The van der Waals surface area contributed by atoms with Gasteiger partial charge in [0, 0.05) is 27.7 Å². The molecule has 2 aromatic rings. The maximum atomic E-state index is 6.01. The zero-order chi connectivity index (χ0) is 12.4. The van der Waals surface area contributed by atoms with Gasteiger partial charge in [-0.05, 0) is 28.9 Å². The highest BCUT2D eigenvalue weighted by Crippen LogP contribution is 2.40. The predicted molar refractivity (Wildman–Crippen MR) is 73.3 cm³/mol. The highest BCUT2D eigenvalue weighted by Gasteiger charge is 2.22. The molecular formula is C10H12BrN3OS2. The van der Waals surface area contributed by atoms with Crippen LogP contribution in [0.3, 0.4) is 0 Å². The molecule has 0 saturated carbocycles. The van der Waals surface area contributed by atoms with Crippen LogP contribution in [0, 0.1) is 6.92 Å². The predicted octanol–water partition coefficient (Wildman–Crippen LogP) is 3.38. The Balaban J connectivity index is 2.18. The summed E-state index contributed by atoms with van der Waals surface area (Å²) < 4.78 is 6.45. The molecule has 2 rings (SSSR count). The van der Waals surface area contributed by atoms with Gasteiger partial charge in [0.15, 0.2) is 0 Å². The number of thiophene rings is 1. The fraction of sp³-hybridized carbons (Fsp3) is 0.400. The van der Waals surface area contributed by atoms with Crippen molar-refractivity contribution in [3.8, 4) is 0 Å². The van der Waals surface area contributed by atoms with Gasteiger partial charge in [0.1, 0.15) is 0 Å². The number of rotatable bonds is 4. The molecule has 0 fully saturated rings. The number of nitrogens with zero attached hydrogens (tertiary/aromatic N) is 2. The molecule has 17 heavy (non-hydrogen) atoms. The minimum absolute atomic E-state index is 0.0118. The number of hydrogen-bond acceptors (Lipinski definition) is 6. The molecule has 0 aliphatic heterocycles. The summed E-state index contributed by atoms with van der Waals surface area (Å²) in [5, 5.41) is 10.5. The van der Waals surface area contributed by atoms with Crippen molar-refractivity contribution < 1.29 is 4.42 Å². The highest BCUT2D eigenvalue weighted by atomic mass is 79.9. The third-order valence-corrected chi connectivity index (χ3v) is 5.31. The van der Waals surface area contributed by atoms with Crippen molar-refractivity contribution in [2.75, 3.05) is 0 Å². The minimum Gasteiger partial charge on any atom is -0.416 e. The number of aromatic nitrogens is 2. The van der Waals surface area contributed by atoms with Gasteiger partial charge in [-0.25, -0.2) is 0 Å². The first-order chi connectivity index (χ1) is 8.06. The highest BCUT2D eigenvalue weighted by molar-refractivity contribution is 9.10. The topological polar surface area (TPSA) is 64.9 Å². The van der Waals surface area contributed by atoms with E-state index in [1.807, 2.05) is 12.3 Å². The van der Waals surface area contributed by atoms with Crippen molar-refractivity contribution in [1.82, 2.24) is 10.2 Å². The monoisotopic (exact) mass is 333 g/mol. The van der Waals surface area contributed by atoms with Crippen LogP contribution >= 0.6 is 39.0 Å². The third kappa shape index (κ3) is 3.31. The standard InChI is InChI=1S/C10H12BrN3OS2/c1-5(12)9(8-3-7(11)4-16-8)17-10-14-13-6(2)15-10/h3-5,9H,12H2,1-2H3. The van der Waals surface area contributed by atoms with Crippen molar-refractivity contribution in [2.45, 2.75) is 30.4 Å². The Labute approximate surface area is 116 Å². The van der Waals surface area contributed by atoms with Crippen LogP contribution in [-0.4, -0.2) is 16.2 Å². The fourth-order valence-electron chi connectivity index (χ4n) is 1.34. The molecule has 2 unspecified atom stereocenters. The molecule has 0 spiro atoms. The molecule has 2 N–H and O–H groups in total. The largest absolute Gasteiger partial charge is 0.416 e. The summed E-state index contributed by atoms with van der Waals surface area (Å²) in [5.41, 5.74) is 6.01. The van der Waals surface area contributed by atoms with E-state index in [2.05, 4.69) is 32.2 Å². The van der Waals surface area contributed by atoms with Crippen LogP contribution in [-0.2, 0) is 0 Å². The van der Waals surface area contributed by atoms with E-state index < -0.39 is 0 Å². The lowest BCUT2D eigenvalue weighted by molar-refractivity contribution is 0.428. The van der Waals surface area contributed by atoms with E-state index in [1.165, 1.54) is 16.6 Å². The summed E-state index contributed by atoms with van der Waals surface area (Å²) in [6, 6.07) is 2.09. The lowest BCUT2D eigenvalue weighted by atomic mass is 10.2. The van der Waals surface area contributed by atoms with Crippen molar-refractivity contribution in [3.63, 3.8) is 0 Å². The summed E-state index contributed by atoms with van der Waals surface area (Å²) in [6.07, 6.45) is 0. The molecule has 0 aromatic carbocycles. The van der Waals surface area contributed by atoms with Crippen LogP contribution in [0.2, 0.25) is 0 Å². The molecule has 0 radical (unpaired) electrons. The summed E-state index contributed by atoms with van der Waals surface area (Å²) in [7, 11) is 0. The van der Waals surface area contributed by atoms with E-state index >= 15 is 0 Å². The quantitative estimate of drug-likeness (QED) is 0.869. The molecule has 0 bridgehead atoms. The maximum absolute atomic E-state index is 6.01. The maximum Gasteiger partial charge on any atom is 0.277 e. The smallest absolute Gasteiger partial charge is 0.277 e. The Kier molecular flexibility index (Phi) is 4.24. The molecule has 92 valence electrons. The van der Waals surface area contributed by atoms with Gasteiger partial charge in [-0.2, -0.15) is 0 Å². The second-order valence-corrected chi connectivity index (χ2v) is 6.60. The normalized spacial score (nSPS) is 14.8. The zero-order valence-electron chi connectivity index (χ0n) is 9.38. The van der Waals surface area contributed by atoms with Crippen molar-refractivity contribution >= 4 is 39.0 Å². The lowest BCUT2D eigenvalue weighted by Gasteiger charge is -2.16. The molecule has 2 aromatic heterocycles. The first-order valence-electron chi connectivity index (χ1n) is 5.02. The minimum atomic E-state index is 0.0118. The van der Waals surface area contributed by atoms with Crippen LogP contribution in [0.4, 0.5) is 0 Å². The lowest BCUT2D eigenvalue weighted by Crippen LogP contribution is -2.21. The van der Waals surface area contributed by atoms with Crippen molar-refractivity contribution in [1.29, 1.82) is 0 Å². The Hall–Kier alpha value is -0.370. The SMILES string of the molecule is Cc1nnc(SC(c2cc(Br)cs2)C(C)N)o1. The Bertz CT molecular complexity index is 497. The molecule has 2 heterocycles. The van der Waals surface area contributed by atoms with E-state index in [9.17, 15) is 0 Å². The fourth-order valence-corrected chi connectivity index (χ4v) is 4.06. The van der Waals surface area contributed by atoms with Crippen molar-refractivity contribution in [2.24, 2.45) is 5.73 Å². The molecule has 7 heteroatoms. The van der Waals surface area contributed by atoms with Gasteiger partial charge in [0.05, 0.1) is 5.25 Å². The summed E-state index contributed by atoms with van der Waals surface area (Å²) >= 11 is 6.63. The van der Waals surface area contributed by atoms with E-state index in [1.54, 1.807) is 18.3 Å². The Morgan fingerprint density at radius 3 is 2.76 bits per heavy atom. The second kappa shape index (κ2) is 5.51. The molecule has 0 aliphatic rings. The van der Waals surface area contributed by atoms with Crippen molar-refractivity contribution in [3.05, 3.63) is 26.7 Å². The number of nitrogens with two attached hydrogens (primary N) is 1. The van der Waals surface area contributed by atoms with Crippen LogP contribution < -0.4 is 5.73 Å². The Morgan fingerprint density at radius 2 is 2.29 bits per heavy atom. The summed E-state index contributed by atoms with van der Waals surface area (Å²) in [4.78, 5) is 1.20. The van der Waals surface area contributed by atoms with E-state index in [-0.39, 0.29) is 11.3 Å². The molecule has 0 aliphatic carbocycles. The molecule has 0 saturated heterocycles. The molecule has 2 atom stereocenters. The van der Waals surface area contributed by atoms with Crippen LogP contribution in [0.15, 0.2) is 25.6 Å². The van der Waals surface area contributed by atoms with E-state index in [0.717, 1.165) is 4.47 Å². The third-order valence-electron chi connectivity index (χ3n) is 2.08. The van der Waals surface area contributed by atoms with Crippen LogP contribution in [0.1, 0.15) is 22.9 Å². The van der Waals surface area contributed by atoms with Gasteiger partial charge in [-0.1, -0.05) is 11.8 Å². The van der Waals surface area contributed by atoms with Crippen LogP contribution in [0.25, 0.3) is 0 Å². The number of thioether (sulfide) groups is 1. The number of aryl methyl sites for hydroxylation is 1. The molecule has 0 amide bonds. The summed E-state index contributed by atoms with van der Waals surface area (Å²) in [5.74, 6) is 0.572. The average Bonchev–Trinajstić information content (AvgIpc) is 2.83. The molecule has 4 nitrogen and oxygen atoms in total. The van der Waals surface area contributed by atoms with Gasteiger partial charge in [0.25, 0.3) is 5.22 Å². The van der Waals surface area contributed by atoms with Gasteiger partial charge < -0.3 is 10.2 Å². The first-order valence-corrected chi connectivity index (χ1v) is 7.58.